The van der Waals surface area contributed by atoms with Gasteiger partial charge in [-0.05, 0) is 36.2 Å². The zero-order valence-electron chi connectivity index (χ0n) is 8.07. The maximum Gasteiger partial charge on any atom is 0.118 e. The van der Waals surface area contributed by atoms with Crippen molar-refractivity contribution >= 4 is 25.3 Å². The molecular weight excluding hydrogens is 251 g/mol. The van der Waals surface area contributed by atoms with Crippen molar-refractivity contribution in [2.75, 3.05) is 0 Å². The molecule has 5 nitrogen and oxygen atoms in total. The van der Waals surface area contributed by atoms with Gasteiger partial charge in [0.25, 0.3) is 0 Å². The first-order valence-corrected chi connectivity index (χ1v) is 8.33. The standard InChI is InChI=1S/C7H8O2.H4N3P3/c1-5-4-6(8)2-3-7(5)9;1-2-3-6(4)5/h2-4,8-9H,1H3;4-5H2. The first-order chi connectivity index (χ1) is 6.97. The number of nitrogens with zero attached hydrogens (tertiary/aromatic N) is 3. The Morgan fingerprint density at radius 2 is 2.00 bits per heavy atom. The predicted octanol–water partition coefficient (Wildman–Crippen LogP) is 3.68. The third-order valence-electron chi connectivity index (χ3n) is 1.32. The summed E-state index contributed by atoms with van der Waals surface area (Å²) in [5, 5.41) is 17.8. The lowest BCUT2D eigenvalue weighted by molar-refractivity contribution is 0.456. The van der Waals surface area contributed by atoms with Gasteiger partial charge < -0.3 is 10.2 Å². The summed E-state index contributed by atoms with van der Waals surface area (Å²) in [6.45, 7) is 1.73. The van der Waals surface area contributed by atoms with Crippen molar-refractivity contribution in [3.8, 4) is 11.5 Å². The van der Waals surface area contributed by atoms with Crippen molar-refractivity contribution in [2.45, 2.75) is 6.92 Å². The quantitative estimate of drug-likeness (QED) is 0.266. The normalized spacial score (nSPS) is 8.80. The van der Waals surface area contributed by atoms with E-state index in [1.54, 1.807) is 6.92 Å². The van der Waals surface area contributed by atoms with Crippen LogP contribution in [0.4, 0.5) is 0 Å². The molecule has 0 amide bonds. The van der Waals surface area contributed by atoms with Gasteiger partial charge in [0.1, 0.15) is 11.5 Å². The van der Waals surface area contributed by atoms with E-state index in [1.807, 2.05) is 0 Å². The van der Waals surface area contributed by atoms with Crippen LogP contribution >= 0.6 is 25.3 Å². The van der Waals surface area contributed by atoms with E-state index in [0.29, 0.717) is 5.56 Å². The molecule has 0 aliphatic heterocycles. The molecule has 1 rings (SSSR count). The maximum absolute atomic E-state index is 8.93. The van der Waals surface area contributed by atoms with E-state index in [-0.39, 0.29) is 11.5 Å². The van der Waals surface area contributed by atoms with E-state index < -0.39 is 7.45 Å². The zero-order valence-corrected chi connectivity index (χ0v) is 11.3. The van der Waals surface area contributed by atoms with Crippen LogP contribution in [0.25, 0.3) is 10.4 Å². The van der Waals surface area contributed by atoms with Gasteiger partial charge in [-0.2, -0.15) is 0 Å². The molecule has 0 aromatic heterocycles. The molecule has 0 aliphatic carbocycles. The third-order valence-corrected chi connectivity index (χ3v) is 2.23. The number of azide groups is 1. The van der Waals surface area contributed by atoms with E-state index in [2.05, 4.69) is 27.7 Å². The zero-order chi connectivity index (χ0) is 11.8. The van der Waals surface area contributed by atoms with Crippen LogP contribution < -0.4 is 0 Å². The average Bonchev–Trinajstić information content (AvgIpc) is 2.13. The minimum atomic E-state index is -0.559. The van der Waals surface area contributed by atoms with Gasteiger partial charge in [0.15, 0.2) is 0 Å². The lowest BCUT2D eigenvalue weighted by Crippen LogP contribution is -1.71. The minimum Gasteiger partial charge on any atom is -0.508 e. The van der Waals surface area contributed by atoms with Gasteiger partial charge in [-0.15, -0.1) is 17.9 Å². The summed E-state index contributed by atoms with van der Waals surface area (Å²) in [7, 11) is 4.21. The number of hydrogen-bond acceptors (Lipinski definition) is 3. The highest BCUT2D eigenvalue weighted by atomic mass is 32.4. The van der Waals surface area contributed by atoms with Gasteiger partial charge in [0, 0.05) is 12.4 Å². The molecule has 0 fully saturated rings. The van der Waals surface area contributed by atoms with Crippen molar-refractivity contribution in [2.24, 2.45) is 4.88 Å². The molecule has 15 heavy (non-hydrogen) atoms. The molecule has 1 aromatic rings. The van der Waals surface area contributed by atoms with Gasteiger partial charge in [-0.25, -0.2) is 0 Å². The lowest BCUT2D eigenvalue weighted by atomic mass is 10.2. The Bertz CT molecular complexity index is 366. The monoisotopic (exact) mass is 263 g/mol. The molecule has 82 valence electrons. The molecule has 1 aromatic carbocycles. The van der Waals surface area contributed by atoms with E-state index in [1.165, 1.54) is 18.2 Å². The van der Waals surface area contributed by atoms with Crippen LogP contribution in [0.15, 0.2) is 23.1 Å². The van der Waals surface area contributed by atoms with Crippen LogP contribution in [0.5, 0.6) is 11.5 Å². The summed E-state index contributed by atoms with van der Waals surface area (Å²) in [6.07, 6.45) is 0. The van der Waals surface area contributed by atoms with Crippen LogP contribution in [0, 0.1) is 6.92 Å². The second-order valence-electron chi connectivity index (χ2n) is 2.53. The number of rotatable bonds is 1. The molecule has 0 saturated carbocycles. The number of aryl methyl sites for hydroxylation is 1. The molecule has 2 unspecified atom stereocenters. The fourth-order valence-corrected chi connectivity index (χ4v) is 1.06. The largest absolute Gasteiger partial charge is 0.508 e. The molecule has 0 saturated heterocycles. The SMILES string of the molecule is Cc1cc(O)ccc1O.[N-]=[N+]=NP(P)P. The van der Waals surface area contributed by atoms with Gasteiger partial charge in [0.05, 0.1) is 0 Å². The van der Waals surface area contributed by atoms with Crippen LogP contribution in [-0.4, -0.2) is 10.2 Å². The fraction of sp³-hybridized carbons (Fsp3) is 0.143. The van der Waals surface area contributed by atoms with Gasteiger partial charge in [-0.3, -0.25) is 0 Å². The molecule has 8 heteroatoms. The van der Waals surface area contributed by atoms with E-state index in [4.69, 9.17) is 15.7 Å². The van der Waals surface area contributed by atoms with Gasteiger partial charge in [-0.1, -0.05) is 4.88 Å². The Morgan fingerprint density at radius 1 is 1.40 bits per heavy atom. The van der Waals surface area contributed by atoms with Crippen molar-refractivity contribution in [1.29, 1.82) is 0 Å². The number of phenolic OH excluding ortho intramolecular Hbond substituents is 2. The van der Waals surface area contributed by atoms with Gasteiger partial charge >= 0.3 is 0 Å². The average molecular weight is 263 g/mol. The van der Waals surface area contributed by atoms with Crippen LogP contribution in [0.3, 0.4) is 0 Å². The summed E-state index contributed by atoms with van der Waals surface area (Å²) in [6, 6.07) is 4.42. The second kappa shape index (κ2) is 7.68. The van der Waals surface area contributed by atoms with Crippen molar-refractivity contribution in [1.82, 2.24) is 0 Å². The molecule has 0 spiro atoms. The van der Waals surface area contributed by atoms with E-state index in [0.717, 1.165) is 0 Å². The number of benzene rings is 1. The highest BCUT2D eigenvalue weighted by Gasteiger charge is 1.93. The second-order valence-corrected chi connectivity index (χ2v) is 8.43. The van der Waals surface area contributed by atoms with E-state index in [9.17, 15) is 0 Å². The summed E-state index contributed by atoms with van der Waals surface area (Å²) < 4.78 is 0. The summed E-state index contributed by atoms with van der Waals surface area (Å²) >= 11 is 0. The summed E-state index contributed by atoms with van der Waals surface area (Å²) in [4.78, 5) is 5.84. The smallest absolute Gasteiger partial charge is 0.118 e. The Kier molecular flexibility index (Phi) is 7.38. The Hall–Kier alpha value is -0.580. The van der Waals surface area contributed by atoms with Crippen molar-refractivity contribution in [3.63, 3.8) is 0 Å². The van der Waals surface area contributed by atoms with Crippen LogP contribution in [-0.2, 0) is 0 Å². The third kappa shape index (κ3) is 7.36. The predicted molar refractivity (Wildman–Crippen MR) is 70.0 cm³/mol. The molecule has 0 bridgehead atoms. The molecule has 0 radical (unpaired) electrons. The Morgan fingerprint density at radius 3 is 2.27 bits per heavy atom. The number of aromatic hydroxyl groups is 2. The summed E-state index contributed by atoms with van der Waals surface area (Å²) in [5.74, 6) is 0.401. The highest BCUT2D eigenvalue weighted by molar-refractivity contribution is 8.42. The molecular formula is C7H12N3O2P3. The first-order valence-electron chi connectivity index (χ1n) is 3.80. The fourth-order valence-electron chi connectivity index (χ4n) is 0.686. The highest BCUT2D eigenvalue weighted by Crippen LogP contribution is 2.53. The maximum atomic E-state index is 8.93. The molecule has 2 atom stereocenters. The summed E-state index contributed by atoms with van der Waals surface area (Å²) in [5.41, 5.74) is 8.37. The van der Waals surface area contributed by atoms with E-state index >= 15 is 0 Å². The Balaban J connectivity index is 0.000000288. The van der Waals surface area contributed by atoms with Crippen molar-refractivity contribution in [3.05, 3.63) is 34.2 Å². The molecule has 0 heterocycles. The van der Waals surface area contributed by atoms with Gasteiger partial charge in [0.2, 0.25) is 0 Å². The lowest BCUT2D eigenvalue weighted by Gasteiger charge is -1.96. The molecule has 0 aliphatic rings. The minimum absolute atomic E-state index is 0.185. The molecule has 2 N–H and O–H groups in total. The van der Waals surface area contributed by atoms with Crippen molar-refractivity contribution < 1.29 is 10.2 Å². The first kappa shape index (κ1) is 14.4. The topological polar surface area (TPSA) is 89.2 Å². The number of hydrogen-bond donors (Lipinski definition) is 2. The number of phenols is 2. The van der Waals surface area contributed by atoms with Crippen LogP contribution in [0.1, 0.15) is 5.56 Å². The Labute approximate surface area is 93.5 Å². The van der Waals surface area contributed by atoms with Crippen LogP contribution in [0.2, 0.25) is 0 Å².